The number of nitrogens with zero attached hydrogens (tertiary/aromatic N) is 1. The molecule has 72 valence electrons. The van der Waals surface area contributed by atoms with Crippen molar-refractivity contribution < 1.29 is 9.53 Å². The number of rotatable bonds is 2. The SMILES string of the molecule is CCO/C=C1\C(=O)Nc2ncccc21. The summed E-state index contributed by atoms with van der Waals surface area (Å²) in [7, 11) is 0. The normalized spacial score (nSPS) is 16.6. The van der Waals surface area contributed by atoms with Gasteiger partial charge in [0.2, 0.25) is 0 Å². The van der Waals surface area contributed by atoms with E-state index in [0.717, 1.165) is 5.56 Å². The molecule has 0 bridgehead atoms. The first-order valence-corrected chi connectivity index (χ1v) is 4.41. The lowest BCUT2D eigenvalue weighted by molar-refractivity contribution is -0.110. The van der Waals surface area contributed by atoms with E-state index in [1.54, 1.807) is 12.3 Å². The largest absolute Gasteiger partial charge is 0.501 e. The highest BCUT2D eigenvalue weighted by Crippen LogP contribution is 2.28. The molecule has 0 saturated heterocycles. The summed E-state index contributed by atoms with van der Waals surface area (Å²) in [6.07, 6.45) is 3.12. The number of hydrogen-bond donors (Lipinski definition) is 1. The second-order valence-corrected chi connectivity index (χ2v) is 2.84. The van der Waals surface area contributed by atoms with Crippen LogP contribution in [0.25, 0.3) is 5.57 Å². The van der Waals surface area contributed by atoms with Gasteiger partial charge >= 0.3 is 0 Å². The monoisotopic (exact) mass is 190 g/mol. The number of aromatic nitrogens is 1. The summed E-state index contributed by atoms with van der Waals surface area (Å²) in [5, 5.41) is 2.66. The van der Waals surface area contributed by atoms with Crippen LogP contribution >= 0.6 is 0 Å². The smallest absolute Gasteiger partial charge is 0.260 e. The van der Waals surface area contributed by atoms with Crippen molar-refractivity contribution in [2.45, 2.75) is 6.92 Å². The first-order chi connectivity index (χ1) is 6.83. The van der Waals surface area contributed by atoms with Gasteiger partial charge in [0, 0.05) is 11.8 Å². The summed E-state index contributed by atoms with van der Waals surface area (Å²) in [5.41, 5.74) is 1.33. The van der Waals surface area contributed by atoms with Crippen LogP contribution in [0.4, 0.5) is 5.82 Å². The Labute approximate surface area is 81.6 Å². The van der Waals surface area contributed by atoms with Gasteiger partial charge in [-0.05, 0) is 19.1 Å². The van der Waals surface area contributed by atoms with Crippen LogP contribution in [-0.4, -0.2) is 17.5 Å². The lowest BCUT2D eigenvalue weighted by atomic mass is 10.1. The molecule has 4 nitrogen and oxygen atoms in total. The molecule has 0 unspecified atom stereocenters. The van der Waals surface area contributed by atoms with Gasteiger partial charge in [-0.2, -0.15) is 0 Å². The summed E-state index contributed by atoms with van der Waals surface area (Å²) in [4.78, 5) is 15.5. The number of carbonyl (C=O) groups excluding carboxylic acids is 1. The van der Waals surface area contributed by atoms with E-state index in [4.69, 9.17) is 4.74 Å². The minimum Gasteiger partial charge on any atom is -0.501 e. The Morgan fingerprint density at radius 3 is 3.29 bits per heavy atom. The van der Waals surface area contributed by atoms with Crippen molar-refractivity contribution >= 4 is 17.3 Å². The van der Waals surface area contributed by atoms with Crippen molar-refractivity contribution in [3.63, 3.8) is 0 Å². The lowest BCUT2D eigenvalue weighted by Crippen LogP contribution is -2.04. The molecule has 2 rings (SSSR count). The third-order valence-corrected chi connectivity index (χ3v) is 1.94. The van der Waals surface area contributed by atoms with E-state index in [1.807, 2.05) is 13.0 Å². The molecule has 0 aliphatic carbocycles. The van der Waals surface area contributed by atoms with E-state index in [2.05, 4.69) is 10.3 Å². The zero-order chi connectivity index (χ0) is 9.97. The van der Waals surface area contributed by atoms with Gasteiger partial charge in [0.25, 0.3) is 5.91 Å². The maximum Gasteiger partial charge on any atom is 0.260 e. The van der Waals surface area contributed by atoms with Crippen molar-refractivity contribution in [1.82, 2.24) is 4.98 Å². The van der Waals surface area contributed by atoms with E-state index in [0.29, 0.717) is 18.0 Å². The van der Waals surface area contributed by atoms with Crippen LogP contribution in [0.15, 0.2) is 24.6 Å². The molecule has 1 aromatic rings. The fourth-order valence-corrected chi connectivity index (χ4v) is 1.30. The van der Waals surface area contributed by atoms with Crippen LogP contribution in [0, 0.1) is 0 Å². The van der Waals surface area contributed by atoms with Crippen LogP contribution in [0.5, 0.6) is 0 Å². The highest BCUT2D eigenvalue weighted by molar-refractivity contribution is 6.30. The first kappa shape index (κ1) is 8.74. The molecule has 0 saturated carbocycles. The number of fused-ring (bicyclic) bond motifs is 1. The highest BCUT2D eigenvalue weighted by atomic mass is 16.5. The molecule has 4 heteroatoms. The second-order valence-electron chi connectivity index (χ2n) is 2.84. The summed E-state index contributed by atoms with van der Waals surface area (Å²) < 4.78 is 5.09. The predicted molar refractivity (Wildman–Crippen MR) is 52.5 cm³/mol. The Hall–Kier alpha value is -1.84. The summed E-state index contributed by atoms with van der Waals surface area (Å²) in [6, 6.07) is 3.63. The Bertz CT molecular complexity index is 399. The number of anilines is 1. The van der Waals surface area contributed by atoms with Crippen molar-refractivity contribution in [3.05, 3.63) is 30.2 Å². The quantitative estimate of drug-likeness (QED) is 0.566. The zero-order valence-corrected chi connectivity index (χ0v) is 7.78. The van der Waals surface area contributed by atoms with Crippen LogP contribution in [0.1, 0.15) is 12.5 Å². The molecular weight excluding hydrogens is 180 g/mol. The van der Waals surface area contributed by atoms with Gasteiger partial charge in [-0.1, -0.05) is 0 Å². The van der Waals surface area contributed by atoms with Gasteiger partial charge < -0.3 is 10.1 Å². The zero-order valence-electron chi connectivity index (χ0n) is 7.78. The van der Waals surface area contributed by atoms with E-state index in [1.165, 1.54) is 6.26 Å². The number of carbonyl (C=O) groups is 1. The molecule has 0 aromatic carbocycles. The molecular formula is C10H10N2O2. The fourth-order valence-electron chi connectivity index (χ4n) is 1.30. The lowest BCUT2D eigenvalue weighted by Gasteiger charge is -1.97. The maximum atomic E-state index is 11.4. The van der Waals surface area contributed by atoms with Gasteiger partial charge in [0.1, 0.15) is 5.82 Å². The second kappa shape index (κ2) is 3.49. The van der Waals surface area contributed by atoms with Crippen LogP contribution in [0.2, 0.25) is 0 Å². The number of pyridine rings is 1. The van der Waals surface area contributed by atoms with Crippen molar-refractivity contribution in [2.75, 3.05) is 11.9 Å². The molecule has 1 amide bonds. The minimum absolute atomic E-state index is 0.160. The van der Waals surface area contributed by atoms with Crippen molar-refractivity contribution in [3.8, 4) is 0 Å². The summed E-state index contributed by atoms with van der Waals surface area (Å²) >= 11 is 0. The molecule has 1 aliphatic heterocycles. The van der Waals surface area contributed by atoms with Crippen molar-refractivity contribution in [1.29, 1.82) is 0 Å². The molecule has 14 heavy (non-hydrogen) atoms. The third kappa shape index (κ3) is 1.35. The maximum absolute atomic E-state index is 11.4. The van der Waals surface area contributed by atoms with E-state index < -0.39 is 0 Å². The van der Waals surface area contributed by atoms with E-state index >= 15 is 0 Å². The molecule has 0 radical (unpaired) electrons. The standard InChI is InChI=1S/C10H10N2O2/c1-2-14-6-8-7-4-3-5-11-9(7)12-10(8)13/h3-6H,2H2,1H3,(H,11,12,13)/b8-6-. The molecule has 0 fully saturated rings. The molecule has 1 aliphatic rings. The van der Waals surface area contributed by atoms with Crippen LogP contribution in [-0.2, 0) is 9.53 Å². The molecule has 2 heterocycles. The average Bonchev–Trinajstić information content (AvgIpc) is 2.51. The van der Waals surface area contributed by atoms with Gasteiger partial charge in [0.15, 0.2) is 0 Å². The Kier molecular flexibility index (Phi) is 2.18. The molecule has 1 aromatic heterocycles. The summed E-state index contributed by atoms with van der Waals surface area (Å²) in [5.74, 6) is 0.440. The molecule has 0 atom stereocenters. The number of hydrogen-bond acceptors (Lipinski definition) is 3. The van der Waals surface area contributed by atoms with Crippen LogP contribution < -0.4 is 5.32 Å². The number of amides is 1. The summed E-state index contributed by atoms with van der Waals surface area (Å²) in [6.45, 7) is 2.42. The topological polar surface area (TPSA) is 51.2 Å². The Morgan fingerprint density at radius 1 is 1.64 bits per heavy atom. The predicted octanol–water partition coefficient (Wildman–Crippen LogP) is 1.41. The van der Waals surface area contributed by atoms with E-state index in [-0.39, 0.29) is 5.91 Å². The average molecular weight is 190 g/mol. The number of nitrogens with one attached hydrogen (secondary N) is 1. The van der Waals surface area contributed by atoms with Gasteiger partial charge in [-0.3, -0.25) is 4.79 Å². The van der Waals surface area contributed by atoms with Crippen LogP contribution in [0.3, 0.4) is 0 Å². The van der Waals surface area contributed by atoms with Gasteiger partial charge in [-0.25, -0.2) is 4.98 Å². The van der Waals surface area contributed by atoms with Crippen molar-refractivity contribution in [2.24, 2.45) is 0 Å². The minimum atomic E-state index is -0.160. The third-order valence-electron chi connectivity index (χ3n) is 1.94. The fraction of sp³-hybridized carbons (Fsp3) is 0.200. The molecule has 0 spiro atoms. The van der Waals surface area contributed by atoms with E-state index in [9.17, 15) is 4.79 Å². The molecule has 1 N–H and O–H groups in total. The number of ether oxygens (including phenoxy) is 1. The Balaban J connectivity index is 2.39. The van der Waals surface area contributed by atoms with Gasteiger partial charge in [-0.15, -0.1) is 0 Å². The highest BCUT2D eigenvalue weighted by Gasteiger charge is 2.24. The van der Waals surface area contributed by atoms with Gasteiger partial charge in [0.05, 0.1) is 18.4 Å². The first-order valence-electron chi connectivity index (χ1n) is 4.41. The Morgan fingerprint density at radius 2 is 2.50 bits per heavy atom.